The highest BCUT2D eigenvalue weighted by Gasteiger charge is 2.63. The Hall–Kier alpha value is 0.130. The van der Waals surface area contributed by atoms with Gasteiger partial charge >= 0.3 is 5.97 Å². The number of carboxylic acids is 1. The Labute approximate surface area is 211 Å². The van der Waals surface area contributed by atoms with Gasteiger partial charge in [-0.15, -0.1) is 23.5 Å². The molecule has 0 saturated heterocycles. The van der Waals surface area contributed by atoms with E-state index in [1.165, 1.54) is 44.9 Å². The lowest BCUT2D eigenvalue weighted by molar-refractivity contribution is -0.139. The topological polar surface area (TPSA) is 57.5 Å². The third-order valence-corrected chi connectivity index (χ3v) is 14.2. The maximum atomic E-state index is 11.5. The van der Waals surface area contributed by atoms with Gasteiger partial charge in [-0.05, 0) is 116 Å². The highest BCUT2D eigenvalue weighted by molar-refractivity contribution is 8.18. The molecule has 33 heavy (non-hydrogen) atoms. The normalized spacial score (nSPS) is 45.0. The van der Waals surface area contributed by atoms with Crippen molar-refractivity contribution in [1.82, 2.24) is 0 Å². The monoisotopic (exact) mass is 496 g/mol. The third kappa shape index (κ3) is 4.43. The lowest BCUT2D eigenvalue weighted by Gasteiger charge is -2.63. The number of thioether (sulfide) groups is 2. The van der Waals surface area contributed by atoms with Gasteiger partial charge in [-0.2, -0.15) is 0 Å². The Morgan fingerprint density at radius 1 is 0.970 bits per heavy atom. The van der Waals surface area contributed by atoms with Gasteiger partial charge in [0.2, 0.25) is 0 Å². The standard InChI is InChI=1S/C28H48O3S2/c1-6-32-28(33-7-2)16-19-9-10-20-22-12-11-21(18(3)8-13-25(30)31)26(22,4)15-14-23(20)27(19,5)17-24(28)29/h18-24,29H,6-17H2,1-5H3,(H,30,31)/t18-,19-,20+,21-,22+,23+,24+,26-,27+/m1/s1. The first-order valence-corrected chi connectivity index (χ1v) is 15.8. The van der Waals surface area contributed by atoms with Crippen LogP contribution in [0.4, 0.5) is 0 Å². The molecule has 0 radical (unpaired) electrons. The van der Waals surface area contributed by atoms with E-state index in [4.69, 9.17) is 0 Å². The molecular formula is C28H48O3S2. The number of aliphatic hydroxyl groups is 1. The SMILES string of the molecule is CCSC1(SCC)C[C@H]2CC[C@@H]3[C@H](CC[C@]4(C)[C@@H]([C@H](C)CCC(=O)O)CC[C@@H]34)[C@@]2(C)C[C@@H]1O. The molecule has 190 valence electrons. The molecule has 3 nitrogen and oxygen atoms in total. The van der Waals surface area contributed by atoms with Gasteiger partial charge in [0.05, 0.1) is 10.2 Å². The largest absolute Gasteiger partial charge is 0.481 e. The van der Waals surface area contributed by atoms with Crippen LogP contribution < -0.4 is 0 Å². The summed E-state index contributed by atoms with van der Waals surface area (Å²) in [6.45, 7) is 11.9. The minimum atomic E-state index is -0.647. The average Bonchev–Trinajstić information content (AvgIpc) is 3.11. The number of aliphatic carboxylic acids is 1. The predicted molar refractivity (Wildman–Crippen MR) is 142 cm³/mol. The Morgan fingerprint density at radius 3 is 2.27 bits per heavy atom. The first-order valence-electron chi connectivity index (χ1n) is 13.8. The van der Waals surface area contributed by atoms with E-state index < -0.39 is 5.97 Å². The molecule has 4 fully saturated rings. The molecule has 4 aliphatic carbocycles. The van der Waals surface area contributed by atoms with Crippen molar-refractivity contribution in [2.45, 2.75) is 109 Å². The maximum Gasteiger partial charge on any atom is 0.303 e. The summed E-state index contributed by atoms with van der Waals surface area (Å²) < 4.78 is 0.00171. The molecule has 4 saturated carbocycles. The summed E-state index contributed by atoms with van der Waals surface area (Å²) in [7, 11) is 0. The fraction of sp³-hybridized carbons (Fsp3) is 0.964. The van der Waals surface area contributed by atoms with Crippen LogP contribution in [0.1, 0.15) is 98.8 Å². The molecule has 9 atom stereocenters. The molecule has 0 bridgehead atoms. The highest BCUT2D eigenvalue weighted by atomic mass is 32.2. The van der Waals surface area contributed by atoms with Crippen LogP contribution in [0.25, 0.3) is 0 Å². The predicted octanol–water partition coefficient (Wildman–Crippen LogP) is 7.32. The van der Waals surface area contributed by atoms with Gasteiger partial charge in [0.25, 0.3) is 0 Å². The van der Waals surface area contributed by atoms with E-state index in [1.54, 1.807) is 0 Å². The molecule has 0 spiro atoms. The summed E-state index contributed by atoms with van der Waals surface area (Å²) in [5, 5.41) is 20.7. The highest BCUT2D eigenvalue weighted by Crippen LogP contribution is 2.70. The van der Waals surface area contributed by atoms with E-state index in [0.29, 0.717) is 23.7 Å². The summed E-state index contributed by atoms with van der Waals surface area (Å²) in [5.74, 6) is 5.82. The lowest BCUT2D eigenvalue weighted by atomic mass is 9.44. The van der Waals surface area contributed by atoms with Gasteiger partial charge in [0.1, 0.15) is 0 Å². The quantitative estimate of drug-likeness (QED) is 0.345. The van der Waals surface area contributed by atoms with Crippen LogP contribution in [0.15, 0.2) is 0 Å². The summed E-state index contributed by atoms with van der Waals surface area (Å²) >= 11 is 4.02. The second-order valence-corrected chi connectivity index (χ2v) is 15.8. The van der Waals surface area contributed by atoms with Crippen LogP contribution in [-0.2, 0) is 4.79 Å². The summed E-state index contributed by atoms with van der Waals surface area (Å²) in [6, 6.07) is 0. The van der Waals surface area contributed by atoms with E-state index in [-0.39, 0.29) is 15.6 Å². The third-order valence-electron chi connectivity index (χ3n) is 11.1. The molecule has 4 rings (SSSR count). The van der Waals surface area contributed by atoms with Crippen molar-refractivity contribution in [2.24, 2.45) is 46.3 Å². The van der Waals surface area contributed by atoms with Gasteiger partial charge < -0.3 is 10.2 Å². The Bertz CT molecular complexity index is 707. The van der Waals surface area contributed by atoms with Crippen molar-refractivity contribution in [3.05, 3.63) is 0 Å². The molecule has 5 heteroatoms. The number of rotatable bonds is 8. The maximum absolute atomic E-state index is 11.5. The van der Waals surface area contributed by atoms with Crippen LogP contribution in [0.2, 0.25) is 0 Å². The number of fused-ring (bicyclic) bond motifs is 5. The fourth-order valence-electron chi connectivity index (χ4n) is 9.61. The summed E-state index contributed by atoms with van der Waals surface area (Å²) in [4.78, 5) is 11.2. The zero-order valence-electron chi connectivity index (χ0n) is 21.6. The van der Waals surface area contributed by atoms with Crippen molar-refractivity contribution < 1.29 is 15.0 Å². The van der Waals surface area contributed by atoms with Crippen LogP contribution >= 0.6 is 23.5 Å². The Kier molecular flexibility index (Phi) is 7.85. The van der Waals surface area contributed by atoms with E-state index >= 15 is 0 Å². The van der Waals surface area contributed by atoms with E-state index in [2.05, 4.69) is 34.6 Å². The minimum Gasteiger partial charge on any atom is -0.481 e. The minimum absolute atomic E-state index is 0.00171. The first kappa shape index (κ1) is 26.2. The van der Waals surface area contributed by atoms with Crippen molar-refractivity contribution in [1.29, 1.82) is 0 Å². The number of carbonyl (C=O) groups is 1. The summed E-state index contributed by atoms with van der Waals surface area (Å²) in [5.41, 5.74) is 0.665. The van der Waals surface area contributed by atoms with E-state index in [9.17, 15) is 15.0 Å². The molecular weight excluding hydrogens is 448 g/mol. The van der Waals surface area contributed by atoms with Gasteiger partial charge in [-0.3, -0.25) is 4.79 Å². The Morgan fingerprint density at radius 2 is 1.64 bits per heavy atom. The van der Waals surface area contributed by atoms with E-state index in [1.807, 2.05) is 23.5 Å². The number of hydrogen-bond acceptors (Lipinski definition) is 4. The second-order valence-electron chi connectivity index (χ2n) is 12.4. The number of carboxylic acid groups (broad SMARTS) is 1. The van der Waals surface area contributed by atoms with E-state index in [0.717, 1.165) is 48.0 Å². The lowest BCUT2D eigenvalue weighted by Crippen LogP contribution is -2.59. The molecule has 0 unspecified atom stereocenters. The van der Waals surface area contributed by atoms with Crippen molar-refractivity contribution >= 4 is 29.5 Å². The van der Waals surface area contributed by atoms with Gasteiger partial charge in [-0.25, -0.2) is 0 Å². The molecule has 2 N–H and O–H groups in total. The molecule has 0 amide bonds. The van der Waals surface area contributed by atoms with Crippen LogP contribution in [0.3, 0.4) is 0 Å². The molecule has 0 aromatic carbocycles. The summed E-state index contributed by atoms with van der Waals surface area (Å²) in [6.07, 6.45) is 11.1. The first-order chi connectivity index (χ1) is 15.6. The second kappa shape index (κ2) is 9.88. The van der Waals surface area contributed by atoms with Crippen molar-refractivity contribution in [3.8, 4) is 0 Å². The van der Waals surface area contributed by atoms with Gasteiger partial charge in [0.15, 0.2) is 0 Å². The van der Waals surface area contributed by atoms with Crippen LogP contribution in [0.5, 0.6) is 0 Å². The molecule has 4 aliphatic rings. The van der Waals surface area contributed by atoms with Gasteiger partial charge in [-0.1, -0.05) is 34.6 Å². The fourth-order valence-corrected chi connectivity index (χ4v) is 12.8. The zero-order chi connectivity index (χ0) is 24.0. The smallest absolute Gasteiger partial charge is 0.303 e. The van der Waals surface area contributed by atoms with Crippen molar-refractivity contribution in [3.63, 3.8) is 0 Å². The van der Waals surface area contributed by atoms with Crippen LogP contribution in [-0.4, -0.2) is 37.9 Å². The number of aliphatic hydroxyl groups excluding tert-OH is 1. The molecule has 0 aromatic rings. The Balaban J connectivity index is 1.52. The van der Waals surface area contributed by atoms with Gasteiger partial charge in [0, 0.05) is 6.42 Å². The molecule has 0 aliphatic heterocycles. The molecule has 0 aromatic heterocycles. The average molecular weight is 497 g/mol. The molecule has 0 heterocycles. The number of hydrogen-bond donors (Lipinski definition) is 2. The van der Waals surface area contributed by atoms with Crippen molar-refractivity contribution in [2.75, 3.05) is 11.5 Å². The van der Waals surface area contributed by atoms with Crippen LogP contribution in [0, 0.1) is 46.3 Å². The zero-order valence-corrected chi connectivity index (χ0v) is 23.3.